The number of nitrogens with one attached hydrogen (secondary N) is 1. The van der Waals surface area contributed by atoms with Crippen LogP contribution in [0.1, 0.15) is 12.5 Å². The molecule has 1 unspecified atom stereocenters. The molecule has 0 aliphatic heterocycles. The van der Waals surface area contributed by atoms with Crippen molar-refractivity contribution in [1.82, 2.24) is 9.78 Å². The highest BCUT2D eigenvalue weighted by atomic mass is 16.4. The van der Waals surface area contributed by atoms with Gasteiger partial charge < -0.3 is 10.4 Å². The molecule has 0 saturated heterocycles. The van der Waals surface area contributed by atoms with Crippen molar-refractivity contribution < 1.29 is 9.90 Å². The third-order valence-corrected chi connectivity index (χ3v) is 2.58. The summed E-state index contributed by atoms with van der Waals surface area (Å²) in [6, 6.07) is 8.93. The Labute approximate surface area is 105 Å². The lowest BCUT2D eigenvalue weighted by molar-refractivity contribution is -0.137. The molecule has 1 aromatic heterocycles. The van der Waals surface area contributed by atoms with Crippen molar-refractivity contribution in [2.75, 3.05) is 5.32 Å². The molecule has 0 saturated carbocycles. The summed E-state index contributed by atoms with van der Waals surface area (Å²) < 4.78 is 1.82. The van der Waals surface area contributed by atoms with E-state index in [0.717, 1.165) is 11.3 Å². The van der Waals surface area contributed by atoms with Gasteiger partial charge in [0.2, 0.25) is 0 Å². The van der Waals surface area contributed by atoms with Crippen LogP contribution in [0.5, 0.6) is 0 Å². The minimum atomic E-state index is -0.868. The quantitative estimate of drug-likeness (QED) is 0.843. The van der Waals surface area contributed by atoms with Crippen LogP contribution < -0.4 is 5.32 Å². The van der Waals surface area contributed by atoms with Crippen LogP contribution >= 0.6 is 0 Å². The lowest BCUT2D eigenvalue weighted by atomic mass is 10.2. The molecule has 1 heterocycles. The van der Waals surface area contributed by atoms with Crippen molar-refractivity contribution >= 4 is 11.7 Å². The van der Waals surface area contributed by atoms with E-state index in [1.165, 1.54) is 0 Å². The number of carboxylic acid groups (broad SMARTS) is 1. The van der Waals surface area contributed by atoms with Crippen LogP contribution in [0.15, 0.2) is 42.7 Å². The minimum Gasteiger partial charge on any atom is -0.480 e. The summed E-state index contributed by atoms with van der Waals surface area (Å²) in [7, 11) is 0. The maximum Gasteiger partial charge on any atom is 0.325 e. The summed E-state index contributed by atoms with van der Waals surface area (Å²) in [6.07, 6.45) is 3.62. The van der Waals surface area contributed by atoms with Gasteiger partial charge >= 0.3 is 5.97 Å². The number of rotatable bonds is 5. The van der Waals surface area contributed by atoms with Crippen molar-refractivity contribution in [3.8, 4) is 0 Å². The third-order valence-electron chi connectivity index (χ3n) is 2.58. The number of aliphatic carboxylic acids is 1. The molecular formula is C13H15N3O2. The second kappa shape index (κ2) is 5.35. The fraction of sp³-hybridized carbons (Fsp3) is 0.231. The molecule has 5 nitrogen and oxygen atoms in total. The molecule has 0 bridgehead atoms. The van der Waals surface area contributed by atoms with Gasteiger partial charge in [-0.15, -0.1) is 0 Å². The van der Waals surface area contributed by atoms with E-state index in [-0.39, 0.29) is 0 Å². The lowest BCUT2D eigenvalue weighted by Gasteiger charge is -2.12. The smallest absolute Gasteiger partial charge is 0.325 e. The normalized spacial score (nSPS) is 12.1. The van der Waals surface area contributed by atoms with E-state index in [2.05, 4.69) is 10.4 Å². The second-order valence-corrected chi connectivity index (χ2v) is 4.11. The van der Waals surface area contributed by atoms with Gasteiger partial charge in [-0.25, -0.2) is 0 Å². The van der Waals surface area contributed by atoms with Crippen molar-refractivity contribution in [3.63, 3.8) is 0 Å². The average molecular weight is 245 g/mol. The van der Waals surface area contributed by atoms with Crippen LogP contribution in [0.3, 0.4) is 0 Å². The van der Waals surface area contributed by atoms with Crippen LogP contribution in [0, 0.1) is 0 Å². The number of hydrogen-bond acceptors (Lipinski definition) is 3. The Balaban J connectivity index is 2.07. The van der Waals surface area contributed by atoms with Gasteiger partial charge in [0.05, 0.1) is 6.54 Å². The maximum atomic E-state index is 10.8. The SMILES string of the molecule is CC(Nc1cccc(Cn2cccn2)c1)C(=O)O. The molecule has 0 aliphatic rings. The molecule has 0 aliphatic carbocycles. The van der Waals surface area contributed by atoms with E-state index >= 15 is 0 Å². The van der Waals surface area contributed by atoms with Gasteiger partial charge in [-0.1, -0.05) is 12.1 Å². The van der Waals surface area contributed by atoms with E-state index in [1.807, 2.05) is 41.2 Å². The first-order valence-corrected chi connectivity index (χ1v) is 5.71. The molecular weight excluding hydrogens is 230 g/mol. The van der Waals surface area contributed by atoms with Gasteiger partial charge in [0.25, 0.3) is 0 Å². The van der Waals surface area contributed by atoms with Crippen LogP contribution in [0.4, 0.5) is 5.69 Å². The number of benzene rings is 1. The van der Waals surface area contributed by atoms with Gasteiger partial charge in [0.1, 0.15) is 6.04 Å². The van der Waals surface area contributed by atoms with E-state index in [1.54, 1.807) is 13.1 Å². The lowest BCUT2D eigenvalue weighted by Crippen LogP contribution is -2.25. The first kappa shape index (κ1) is 12.2. The summed E-state index contributed by atoms with van der Waals surface area (Å²) in [4.78, 5) is 10.8. The van der Waals surface area contributed by atoms with Crippen molar-refractivity contribution in [2.45, 2.75) is 19.5 Å². The summed E-state index contributed by atoms with van der Waals surface area (Å²) in [5, 5.41) is 15.9. The Morgan fingerprint density at radius 2 is 2.33 bits per heavy atom. The van der Waals surface area contributed by atoms with Gasteiger partial charge in [-0.3, -0.25) is 9.48 Å². The molecule has 94 valence electrons. The number of hydrogen-bond donors (Lipinski definition) is 2. The number of anilines is 1. The molecule has 2 N–H and O–H groups in total. The summed E-state index contributed by atoms with van der Waals surface area (Å²) in [5.41, 5.74) is 1.87. The summed E-state index contributed by atoms with van der Waals surface area (Å²) >= 11 is 0. The standard InChI is InChI=1S/C13H15N3O2/c1-10(13(17)18)15-12-5-2-4-11(8-12)9-16-7-3-6-14-16/h2-8,10,15H,9H2,1H3,(H,17,18). The Kier molecular flexibility index (Phi) is 3.62. The van der Waals surface area contributed by atoms with Gasteiger partial charge in [-0.05, 0) is 30.7 Å². The first-order valence-electron chi connectivity index (χ1n) is 5.71. The van der Waals surface area contributed by atoms with Crippen molar-refractivity contribution in [2.24, 2.45) is 0 Å². The van der Waals surface area contributed by atoms with Gasteiger partial charge in [-0.2, -0.15) is 5.10 Å². The molecule has 0 spiro atoms. The highest BCUT2D eigenvalue weighted by Gasteiger charge is 2.09. The first-order chi connectivity index (χ1) is 8.65. The zero-order valence-corrected chi connectivity index (χ0v) is 10.1. The van der Waals surface area contributed by atoms with E-state index in [0.29, 0.717) is 6.54 Å². The van der Waals surface area contributed by atoms with Crippen LogP contribution in [-0.2, 0) is 11.3 Å². The topological polar surface area (TPSA) is 67.2 Å². The summed E-state index contributed by atoms with van der Waals surface area (Å²) in [5.74, 6) is -0.868. The number of carbonyl (C=O) groups is 1. The van der Waals surface area contributed by atoms with Gasteiger partial charge in [0.15, 0.2) is 0 Å². The van der Waals surface area contributed by atoms with Crippen molar-refractivity contribution in [1.29, 1.82) is 0 Å². The molecule has 1 atom stereocenters. The van der Waals surface area contributed by atoms with Crippen LogP contribution in [0.25, 0.3) is 0 Å². The Bertz CT molecular complexity index is 523. The minimum absolute atomic E-state index is 0.607. The van der Waals surface area contributed by atoms with Crippen molar-refractivity contribution in [3.05, 3.63) is 48.3 Å². The number of nitrogens with zero attached hydrogens (tertiary/aromatic N) is 2. The Morgan fingerprint density at radius 3 is 3.00 bits per heavy atom. The van der Waals surface area contributed by atoms with Crippen LogP contribution in [-0.4, -0.2) is 26.9 Å². The monoisotopic (exact) mass is 245 g/mol. The second-order valence-electron chi connectivity index (χ2n) is 4.11. The third kappa shape index (κ3) is 3.10. The van der Waals surface area contributed by atoms with Crippen LogP contribution in [0.2, 0.25) is 0 Å². The largest absolute Gasteiger partial charge is 0.480 e. The summed E-state index contributed by atoms with van der Waals surface area (Å²) in [6.45, 7) is 2.28. The Morgan fingerprint density at radius 1 is 1.50 bits per heavy atom. The molecule has 0 amide bonds. The molecule has 1 aromatic carbocycles. The predicted molar refractivity (Wildman–Crippen MR) is 68.5 cm³/mol. The van der Waals surface area contributed by atoms with Gasteiger partial charge in [0, 0.05) is 18.1 Å². The highest BCUT2D eigenvalue weighted by molar-refractivity contribution is 5.76. The molecule has 2 aromatic rings. The molecule has 18 heavy (non-hydrogen) atoms. The highest BCUT2D eigenvalue weighted by Crippen LogP contribution is 2.12. The predicted octanol–water partition coefficient (Wildman–Crippen LogP) is 1.82. The van der Waals surface area contributed by atoms with E-state index in [4.69, 9.17) is 5.11 Å². The van der Waals surface area contributed by atoms with E-state index < -0.39 is 12.0 Å². The Hall–Kier alpha value is -2.30. The average Bonchev–Trinajstić information content (AvgIpc) is 2.82. The zero-order valence-electron chi connectivity index (χ0n) is 10.1. The molecule has 0 radical (unpaired) electrons. The zero-order chi connectivity index (χ0) is 13.0. The molecule has 2 rings (SSSR count). The maximum absolute atomic E-state index is 10.8. The fourth-order valence-electron chi connectivity index (χ4n) is 1.65. The number of carboxylic acids is 1. The number of aromatic nitrogens is 2. The molecule has 5 heteroatoms. The van der Waals surface area contributed by atoms with E-state index in [9.17, 15) is 4.79 Å². The molecule has 0 fully saturated rings. The fourth-order valence-corrected chi connectivity index (χ4v) is 1.65.